The van der Waals surface area contributed by atoms with Crippen molar-refractivity contribution in [2.75, 3.05) is 13.7 Å². The molecule has 1 atom stereocenters. The first kappa shape index (κ1) is 18.1. The monoisotopic (exact) mass is 378 g/mol. The van der Waals surface area contributed by atoms with E-state index in [1.165, 1.54) is 29.9 Å². The maximum atomic E-state index is 11.6. The zero-order valence-corrected chi connectivity index (χ0v) is 16.1. The minimum absolute atomic E-state index is 0.234. The van der Waals surface area contributed by atoms with Gasteiger partial charge in [-0.05, 0) is 48.2 Å². The van der Waals surface area contributed by atoms with Crippen molar-refractivity contribution in [3.05, 3.63) is 70.0 Å². The number of aryl methyl sites for hydroxylation is 1. The van der Waals surface area contributed by atoms with Crippen LogP contribution in [0.5, 0.6) is 17.6 Å². The van der Waals surface area contributed by atoms with Gasteiger partial charge in [0.15, 0.2) is 6.10 Å². The highest BCUT2D eigenvalue weighted by Gasteiger charge is 2.27. The van der Waals surface area contributed by atoms with E-state index in [0.29, 0.717) is 19.0 Å². The van der Waals surface area contributed by atoms with Crippen LogP contribution in [0.25, 0.3) is 11.1 Å². The van der Waals surface area contributed by atoms with Gasteiger partial charge in [0.05, 0.1) is 19.7 Å². The standard InChI is InChI=1S/C22H22N2O4/c1-14-5-4-6-19(15(14)2)16-7-9-17(10-8-16)27-13-18-12-24-21(26-3)11-20(25)23-22(24)28-18/h4-11,18H,12-13H2,1-3H3. The van der Waals surface area contributed by atoms with Gasteiger partial charge in [-0.3, -0.25) is 9.36 Å². The van der Waals surface area contributed by atoms with E-state index in [1.54, 1.807) is 4.57 Å². The smallest absolute Gasteiger partial charge is 0.303 e. The Balaban J connectivity index is 1.42. The number of benzene rings is 2. The lowest BCUT2D eigenvalue weighted by Crippen LogP contribution is -2.23. The van der Waals surface area contributed by atoms with Crippen LogP contribution in [0.3, 0.4) is 0 Å². The number of hydrogen-bond donors (Lipinski definition) is 0. The first-order chi connectivity index (χ1) is 13.5. The molecule has 1 aromatic heterocycles. The zero-order valence-electron chi connectivity index (χ0n) is 16.1. The quantitative estimate of drug-likeness (QED) is 0.681. The summed E-state index contributed by atoms with van der Waals surface area (Å²) >= 11 is 0. The summed E-state index contributed by atoms with van der Waals surface area (Å²) in [6, 6.07) is 16.0. The van der Waals surface area contributed by atoms with Crippen LogP contribution in [-0.4, -0.2) is 29.4 Å². The van der Waals surface area contributed by atoms with E-state index in [1.807, 2.05) is 12.1 Å². The van der Waals surface area contributed by atoms with Gasteiger partial charge in [0.1, 0.15) is 12.4 Å². The van der Waals surface area contributed by atoms with Gasteiger partial charge in [0.2, 0.25) is 5.88 Å². The minimum atomic E-state index is -0.383. The summed E-state index contributed by atoms with van der Waals surface area (Å²) in [4.78, 5) is 15.5. The molecule has 0 aliphatic carbocycles. The van der Waals surface area contributed by atoms with Gasteiger partial charge >= 0.3 is 6.01 Å². The van der Waals surface area contributed by atoms with Crippen LogP contribution in [0.15, 0.2) is 53.3 Å². The van der Waals surface area contributed by atoms with Crippen LogP contribution in [0, 0.1) is 13.8 Å². The summed E-state index contributed by atoms with van der Waals surface area (Å²) in [5.41, 5.74) is 4.56. The fourth-order valence-electron chi connectivity index (χ4n) is 3.35. The van der Waals surface area contributed by atoms with Crippen molar-refractivity contribution < 1.29 is 14.2 Å². The second-order valence-electron chi connectivity index (χ2n) is 6.85. The second kappa shape index (κ2) is 7.38. The summed E-state index contributed by atoms with van der Waals surface area (Å²) in [7, 11) is 1.52. The lowest BCUT2D eigenvalue weighted by atomic mass is 9.97. The van der Waals surface area contributed by atoms with Gasteiger partial charge in [0, 0.05) is 0 Å². The van der Waals surface area contributed by atoms with Gasteiger partial charge in [-0.2, -0.15) is 4.98 Å². The maximum absolute atomic E-state index is 11.6. The van der Waals surface area contributed by atoms with E-state index in [9.17, 15) is 4.79 Å². The third kappa shape index (κ3) is 3.45. The second-order valence-corrected chi connectivity index (χ2v) is 6.85. The summed E-state index contributed by atoms with van der Waals surface area (Å²) in [5, 5.41) is 0. The Kier molecular flexibility index (Phi) is 4.77. The molecule has 1 unspecified atom stereocenters. The highest BCUT2D eigenvalue weighted by molar-refractivity contribution is 5.68. The molecule has 0 spiro atoms. The van der Waals surface area contributed by atoms with Gasteiger partial charge in [-0.25, -0.2) is 0 Å². The molecule has 0 radical (unpaired) electrons. The Morgan fingerprint density at radius 1 is 1.18 bits per heavy atom. The molecular weight excluding hydrogens is 356 g/mol. The van der Waals surface area contributed by atoms with Gasteiger partial charge < -0.3 is 14.2 Å². The third-order valence-corrected chi connectivity index (χ3v) is 5.02. The molecule has 0 amide bonds. The number of hydrogen-bond acceptors (Lipinski definition) is 5. The molecule has 0 N–H and O–H groups in total. The summed E-state index contributed by atoms with van der Waals surface area (Å²) < 4.78 is 18.6. The Morgan fingerprint density at radius 2 is 1.96 bits per heavy atom. The molecule has 28 heavy (non-hydrogen) atoms. The highest BCUT2D eigenvalue weighted by atomic mass is 16.6. The van der Waals surface area contributed by atoms with Gasteiger partial charge in [0.25, 0.3) is 5.56 Å². The molecular formula is C22H22N2O4. The number of aromatic nitrogens is 2. The van der Waals surface area contributed by atoms with E-state index in [2.05, 4.69) is 49.2 Å². The lowest BCUT2D eigenvalue weighted by Gasteiger charge is -2.12. The van der Waals surface area contributed by atoms with Crippen LogP contribution < -0.4 is 19.8 Å². The van der Waals surface area contributed by atoms with Crippen LogP contribution >= 0.6 is 0 Å². The lowest BCUT2D eigenvalue weighted by molar-refractivity contribution is 0.143. The van der Waals surface area contributed by atoms with E-state index >= 15 is 0 Å². The molecule has 4 rings (SSSR count). The van der Waals surface area contributed by atoms with Crippen molar-refractivity contribution in [2.24, 2.45) is 0 Å². The molecule has 0 saturated carbocycles. The average molecular weight is 378 g/mol. The van der Waals surface area contributed by atoms with Crippen molar-refractivity contribution in [2.45, 2.75) is 26.5 Å². The normalized spacial score (nSPS) is 15.0. The predicted molar refractivity (Wildman–Crippen MR) is 106 cm³/mol. The predicted octanol–water partition coefficient (Wildman–Crippen LogP) is 3.38. The van der Waals surface area contributed by atoms with Crippen LogP contribution in [-0.2, 0) is 6.54 Å². The molecule has 1 aliphatic rings. The van der Waals surface area contributed by atoms with Crippen LogP contribution in [0.4, 0.5) is 0 Å². The van der Waals surface area contributed by atoms with Crippen molar-refractivity contribution in [3.63, 3.8) is 0 Å². The molecule has 1 aliphatic heterocycles. The molecule has 144 valence electrons. The van der Waals surface area contributed by atoms with E-state index in [-0.39, 0.29) is 17.7 Å². The molecule has 0 saturated heterocycles. The van der Waals surface area contributed by atoms with Crippen molar-refractivity contribution in [3.8, 4) is 28.8 Å². The SMILES string of the molecule is COc1cc(=O)nc2n1CC(COc1ccc(-c3cccc(C)c3C)cc1)O2. The number of ether oxygens (including phenoxy) is 3. The van der Waals surface area contributed by atoms with Gasteiger partial charge in [-0.15, -0.1) is 0 Å². The van der Waals surface area contributed by atoms with Crippen LogP contribution in [0.1, 0.15) is 11.1 Å². The highest BCUT2D eigenvalue weighted by Crippen LogP contribution is 2.28. The Hall–Kier alpha value is -3.28. The minimum Gasteiger partial charge on any atom is -0.490 e. The number of fused-ring (bicyclic) bond motifs is 1. The Labute approximate surface area is 163 Å². The number of rotatable bonds is 5. The van der Waals surface area contributed by atoms with Crippen LogP contribution in [0.2, 0.25) is 0 Å². The largest absolute Gasteiger partial charge is 0.490 e. The first-order valence-corrected chi connectivity index (χ1v) is 9.17. The maximum Gasteiger partial charge on any atom is 0.303 e. The van der Waals surface area contributed by atoms with Gasteiger partial charge in [-0.1, -0.05) is 30.3 Å². The fraction of sp³-hybridized carbons (Fsp3) is 0.273. The summed E-state index contributed by atoms with van der Waals surface area (Å²) in [6.07, 6.45) is -0.234. The zero-order chi connectivity index (χ0) is 19.7. The topological polar surface area (TPSA) is 62.6 Å². The summed E-state index contributed by atoms with van der Waals surface area (Å²) in [5.74, 6) is 1.21. The molecule has 0 bridgehead atoms. The number of methoxy groups -OCH3 is 1. The molecule has 3 aromatic rings. The molecule has 2 aromatic carbocycles. The average Bonchev–Trinajstić information content (AvgIpc) is 3.11. The van der Waals surface area contributed by atoms with Crippen molar-refractivity contribution >= 4 is 0 Å². The molecule has 0 fully saturated rings. The van der Waals surface area contributed by atoms with E-state index < -0.39 is 0 Å². The Morgan fingerprint density at radius 3 is 2.71 bits per heavy atom. The molecule has 6 nitrogen and oxygen atoms in total. The molecule has 6 heteroatoms. The van der Waals surface area contributed by atoms with Crippen molar-refractivity contribution in [1.82, 2.24) is 9.55 Å². The van der Waals surface area contributed by atoms with E-state index in [0.717, 1.165) is 11.3 Å². The Bertz CT molecular complexity index is 1060. The first-order valence-electron chi connectivity index (χ1n) is 9.17. The third-order valence-electron chi connectivity index (χ3n) is 5.02. The number of nitrogens with zero attached hydrogens (tertiary/aromatic N) is 2. The van der Waals surface area contributed by atoms with E-state index in [4.69, 9.17) is 14.2 Å². The fourth-order valence-corrected chi connectivity index (χ4v) is 3.35. The summed E-state index contributed by atoms with van der Waals surface area (Å²) in [6.45, 7) is 5.13. The molecule has 2 heterocycles. The van der Waals surface area contributed by atoms with Crippen molar-refractivity contribution in [1.29, 1.82) is 0 Å².